The van der Waals surface area contributed by atoms with E-state index in [0.717, 1.165) is 32.1 Å². The lowest BCUT2D eigenvalue weighted by atomic mass is 10.1. The summed E-state index contributed by atoms with van der Waals surface area (Å²) in [5.41, 5.74) is 3.22. The second kappa shape index (κ2) is 7.66. The molecule has 2 aromatic carbocycles. The molecular weight excluding hydrogens is 332 g/mol. The van der Waals surface area contributed by atoms with Gasteiger partial charge in [0.05, 0.1) is 29.8 Å². The second-order valence-electron chi connectivity index (χ2n) is 6.19. The number of nitrogens with zero attached hydrogens (tertiary/aromatic N) is 2. The van der Waals surface area contributed by atoms with Crippen molar-refractivity contribution in [2.45, 2.75) is 26.8 Å². The molecule has 0 bridgehead atoms. The highest BCUT2D eigenvalue weighted by molar-refractivity contribution is 7.18. The quantitative estimate of drug-likeness (QED) is 0.661. The standard InChI is InChI=1S/C20H22N2O2S/c1-14-8-9-15(2)17(12-14)24-11-10-20(23)22(3)13-19-21-16-6-4-5-7-18(16)25-19/h4-9,12H,10-11,13H2,1-3H3. The number of carbonyl (C=O) groups excluding carboxylic acids is 1. The van der Waals surface area contributed by atoms with E-state index in [1.807, 2.05) is 51.2 Å². The van der Waals surface area contributed by atoms with Crippen LogP contribution in [-0.2, 0) is 11.3 Å². The predicted molar refractivity (Wildman–Crippen MR) is 102 cm³/mol. The highest BCUT2D eigenvalue weighted by Gasteiger charge is 2.12. The molecule has 0 spiro atoms. The van der Waals surface area contributed by atoms with Gasteiger partial charge in [-0.1, -0.05) is 24.3 Å². The molecule has 0 unspecified atom stereocenters. The third-order valence-electron chi connectivity index (χ3n) is 4.05. The first-order chi connectivity index (χ1) is 12.0. The summed E-state index contributed by atoms with van der Waals surface area (Å²) in [6.07, 6.45) is 0.356. The van der Waals surface area contributed by atoms with Gasteiger partial charge in [-0.15, -0.1) is 11.3 Å². The van der Waals surface area contributed by atoms with Crippen LogP contribution < -0.4 is 4.74 Å². The molecule has 1 heterocycles. The number of fused-ring (bicyclic) bond motifs is 1. The number of thiazole rings is 1. The first-order valence-electron chi connectivity index (χ1n) is 8.31. The number of aromatic nitrogens is 1. The molecule has 0 N–H and O–H groups in total. The van der Waals surface area contributed by atoms with Gasteiger partial charge in [-0.25, -0.2) is 4.98 Å². The minimum Gasteiger partial charge on any atom is -0.493 e. The van der Waals surface area contributed by atoms with Crippen molar-refractivity contribution in [2.24, 2.45) is 0 Å². The molecule has 0 saturated heterocycles. The third kappa shape index (κ3) is 4.37. The van der Waals surface area contributed by atoms with E-state index in [1.165, 1.54) is 0 Å². The van der Waals surface area contributed by atoms with Crippen LogP contribution in [0.4, 0.5) is 0 Å². The molecule has 0 aliphatic rings. The Kier molecular flexibility index (Phi) is 5.34. The average Bonchev–Trinajstić information content (AvgIpc) is 3.00. The first kappa shape index (κ1) is 17.4. The minimum absolute atomic E-state index is 0.0598. The summed E-state index contributed by atoms with van der Waals surface area (Å²) in [4.78, 5) is 18.6. The number of benzene rings is 2. The Labute approximate surface area is 152 Å². The molecule has 3 aromatic rings. The van der Waals surface area contributed by atoms with Gasteiger partial charge < -0.3 is 9.64 Å². The molecule has 0 fully saturated rings. The fraction of sp³-hybridized carbons (Fsp3) is 0.300. The number of rotatable bonds is 6. The predicted octanol–water partition coefficient (Wildman–Crippen LogP) is 4.34. The molecule has 130 valence electrons. The van der Waals surface area contributed by atoms with Crippen molar-refractivity contribution >= 4 is 27.5 Å². The Balaban J connectivity index is 1.53. The SMILES string of the molecule is Cc1ccc(C)c(OCCC(=O)N(C)Cc2nc3ccccc3s2)c1. The van der Waals surface area contributed by atoms with Crippen LogP contribution in [0, 0.1) is 13.8 Å². The summed E-state index contributed by atoms with van der Waals surface area (Å²) in [6.45, 7) is 4.95. The van der Waals surface area contributed by atoms with Crippen LogP contribution in [-0.4, -0.2) is 29.4 Å². The van der Waals surface area contributed by atoms with Crippen molar-refractivity contribution in [2.75, 3.05) is 13.7 Å². The smallest absolute Gasteiger partial charge is 0.226 e. The van der Waals surface area contributed by atoms with Gasteiger partial charge in [-0.2, -0.15) is 0 Å². The second-order valence-corrected chi connectivity index (χ2v) is 7.31. The van der Waals surface area contributed by atoms with E-state index in [1.54, 1.807) is 16.2 Å². The number of ether oxygens (including phenoxy) is 1. The summed E-state index contributed by atoms with van der Waals surface area (Å²) in [5.74, 6) is 0.909. The van der Waals surface area contributed by atoms with E-state index in [-0.39, 0.29) is 5.91 Å². The van der Waals surface area contributed by atoms with E-state index in [9.17, 15) is 4.79 Å². The van der Waals surface area contributed by atoms with Gasteiger partial charge >= 0.3 is 0 Å². The van der Waals surface area contributed by atoms with Crippen LogP contribution in [0.2, 0.25) is 0 Å². The Morgan fingerprint density at radius 3 is 2.80 bits per heavy atom. The summed E-state index contributed by atoms with van der Waals surface area (Å²) < 4.78 is 6.93. The number of aryl methyl sites for hydroxylation is 2. The zero-order valence-corrected chi connectivity index (χ0v) is 15.6. The van der Waals surface area contributed by atoms with E-state index >= 15 is 0 Å². The normalized spacial score (nSPS) is 10.8. The van der Waals surface area contributed by atoms with Gasteiger partial charge in [-0.05, 0) is 43.2 Å². The van der Waals surface area contributed by atoms with Gasteiger partial charge in [0.15, 0.2) is 0 Å². The maximum atomic E-state index is 12.3. The molecule has 4 nitrogen and oxygen atoms in total. The van der Waals surface area contributed by atoms with Gasteiger partial charge in [0.1, 0.15) is 10.8 Å². The van der Waals surface area contributed by atoms with Crippen LogP contribution in [0.1, 0.15) is 22.6 Å². The van der Waals surface area contributed by atoms with Gasteiger partial charge in [0.2, 0.25) is 5.91 Å². The van der Waals surface area contributed by atoms with E-state index in [2.05, 4.69) is 17.1 Å². The molecule has 0 atom stereocenters. The molecule has 5 heteroatoms. The molecule has 0 aliphatic carbocycles. The van der Waals surface area contributed by atoms with Gasteiger partial charge in [0, 0.05) is 7.05 Å². The first-order valence-corrected chi connectivity index (χ1v) is 9.13. The summed E-state index contributed by atoms with van der Waals surface area (Å²) in [5, 5.41) is 0.951. The Morgan fingerprint density at radius 1 is 1.20 bits per heavy atom. The van der Waals surface area contributed by atoms with Crippen molar-refractivity contribution in [1.29, 1.82) is 0 Å². The molecule has 25 heavy (non-hydrogen) atoms. The number of hydrogen-bond donors (Lipinski definition) is 0. The molecule has 1 aromatic heterocycles. The summed E-state index contributed by atoms with van der Waals surface area (Å²) in [7, 11) is 1.81. The van der Waals surface area contributed by atoms with Crippen molar-refractivity contribution < 1.29 is 9.53 Å². The molecular formula is C20H22N2O2S. The lowest BCUT2D eigenvalue weighted by molar-refractivity contribution is -0.130. The number of carbonyl (C=O) groups is 1. The number of hydrogen-bond acceptors (Lipinski definition) is 4. The topological polar surface area (TPSA) is 42.4 Å². The maximum Gasteiger partial charge on any atom is 0.226 e. The summed E-state index contributed by atoms with van der Waals surface area (Å²) >= 11 is 1.63. The average molecular weight is 354 g/mol. The Bertz CT molecular complexity index is 855. The largest absolute Gasteiger partial charge is 0.493 e. The third-order valence-corrected chi connectivity index (χ3v) is 5.07. The van der Waals surface area contributed by atoms with Crippen LogP contribution in [0.3, 0.4) is 0 Å². The van der Waals surface area contributed by atoms with Crippen molar-refractivity contribution in [3.63, 3.8) is 0 Å². The van der Waals surface area contributed by atoms with Crippen LogP contribution in [0.15, 0.2) is 42.5 Å². The lowest BCUT2D eigenvalue weighted by Gasteiger charge is -2.16. The maximum absolute atomic E-state index is 12.3. The Hall–Kier alpha value is -2.40. The van der Waals surface area contributed by atoms with Crippen molar-refractivity contribution in [3.8, 4) is 5.75 Å². The van der Waals surface area contributed by atoms with Crippen molar-refractivity contribution in [1.82, 2.24) is 9.88 Å². The Morgan fingerprint density at radius 2 is 2.00 bits per heavy atom. The molecule has 1 amide bonds. The van der Waals surface area contributed by atoms with Crippen LogP contribution >= 0.6 is 11.3 Å². The fourth-order valence-electron chi connectivity index (χ4n) is 2.58. The highest BCUT2D eigenvalue weighted by atomic mass is 32.1. The molecule has 0 aliphatic heterocycles. The van der Waals surface area contributed by atoms with Crippen molar-refractivity contribution in [3.05, 3.63) is 58.6 Å². The number of amides is 1. The number of para-hydroxylation sites is 1. The fourth-order valence-corrected chi connectivity index (χ4v) is 3.60. The summed E-state index contributed by atoms with van der Waals surface area (Å²) in [6, 6.07) is 14.1. The van der Waals surface area contributed by atoms with E-state index < -0.39 is 0 Å². The lowest BCUT2D eigenvalue weighted by Crippen LogP contribution is -2.27. The monoisotopic (exact) mass is 354 g/mol. The van der Waals surface area contributed by atoms with E-state index in [0.29, 0.717) is 19.6 Å². The highest BCUT2D eigenvalue weighted by Crippen LogP contribution is 2.23. The molecule has 0 radical (unpaired) electrons. The van der Waals surface area contributed by atoms with Crippen LogP contribution in [0.5, 0.6) is 5.75 Å². The van der Waals surface area contributed by atoms with E-state index in [4.69, 9.17) is 4.74 Å². The van der Waals surface area contributed by atoms with Crippen LogP contribution in [0.25, 0.3) is 10.2 Å². The molecule has 0 saturated carbocycles. The zero-order chi connectivity index (χ0) is 17.8. The van der Waals surface area contributed by atoms with Gasteiger partial charge in [-0.3, -0.25) is 4.79 Å². The zero-order valence-electron chi connectivity index (χ0n) is 14.8. The molecule has 3 rings (SSSR count). The minimum atomic E-state index is 0.0598. The van der Waals surface area contributed by atoms with Gasteiger partial charge in [0.25, 0.3) is 0 Å².